The number of hydrogen-bond acceptors (Lipinski definition) is 6. The van der Waals surface area contributed by atoms with Crippen LogP contribution in [-0.2, 0) is 32.7 Å². The molecule has 1 fully saturated rings. The van der Waals surface area contributed by atoms with Crippen molar-refractivity contribution in [1.29, 1.82) is 0 Å². The fourth-order valence-corrected chi connectivity index (χ4v) is 5.82. The molecule has 1 aliphatic heterocycles. The molecular formula is C29H31F4N4O6S-. The van der Waals surface area contributed by atoms with Gasteiger partial charge in [0.15, 0.2) is 23.2 Å². The van der Waals surface area contributed by atoms with Crippen LogP contribution >= 0.6 is 0 Å². The van der Waals surface area contributed by atoms with Crippen LogP contribution in [0, 0.1) is 35.1 Å². The number of carbonyl (C=O) groups excluding carboxylic acids is 3. The molecule has 1 aromatic heterocycles. The minimum Gasteiger partial charge on any atom is -0.755 e. The second-order valence-corrected chi connectivity index (χ2v) is 11.8. The Morgan fingerprint density at radius 1 is 1.16 bits per heavy atom. The predicted molar refractivity (Wildman–Crippen MR) is 152 cm³/mol. The van der Waals surface area contributed by atoms with Gasteiger partial charge in [-0.15, -0.1) is 0 Å². The van der Waals surface area contributed by atoms with Crippen LogP contribution in [-0.4, -0.2) is 56.2 Å². The number of ketones is 1. The molecule has 1 aliphatic rings. The molecular weight excluding hydrogens is 608 g/mol. The lowest BCUT2D eigenvalue weighted by atomic mass is 9.95. The standard InChI is InChI=1S/C29H32F4N4O6S/c1-15(2)10-23(37(44(41)42)18-4-5-22-16(11-18)7-9-36(22)3)29(40)35-21(12-17-6-8-34-28(17)39)24(38)14-43-27-25(32)19(30)13-20(31)26(27)33/h4-5,7,9,11,13,15,17,21,23H,6,8,10,12,14H2,1-3H3,(H,34,39)(H,35,40)(H,41,42)/p-1/t17-,21-,23-/m0/s1. The van der Waals surface area contributed by atoms with E-state index >= 15 is 0 Å². The number of halogens is 4. The SMILES string of the molecule is CC(C)C[C@@H](C(=O)N[C@@H](C[C@@H]1CCNC1=O)C(=O)COc1c(F)c(F)cc(F)c1F)N(c1ccc2c(ccn2C)c1)S(=O)[O-]. The molecule has 4 atom stereocenters. The van der Waals surface area contributed by atoms with Crippen molar-refractivity contribution in [2.24, 2.45) is 18.9 Å². The molecule has 0 saturated carbocycles. The second-order valence-electron chi connectivity index (χ2n) is 11.0. The highest BCUT2D eigenvalue weighted by molar-refractivity contribution is 7.80. The summed E-state index contributed by atoms with van der Waals surface area (Å²) in [6.07, 6.45) is 1.90. The maximum absolute atomic E-state index is 14.1. The highest BCUT2D eigenvalue weighted by Gasteiger charge is 2.36. The Bertz CT molecular complexity index is 1570. The van der Waals surface area contributed by atoms with E-state index in [4.69, 9.17) is 4.74 Å². The maximum atomic E-state index is 14.1. The summed E-state index contributed by atoms with van der Waals surface area (Å²) in [6.45, 7) is 2.74. The van der Waals surface area contributed by atoms with E-state index in [1.807, 2.05) is 11.6 Å². The molecule has 238 valence electrons. The molecule has 0 spiro atoms. The zero-order chi connectivity index (χ0) is 32.3. The van der Waals surface area contributed by atoms with Gasteiger partial charge in [0.25, 0.3) is 0 Å². The van der Waals surface area contributed by atoms with Crippen LogP contribution in [0.25, 0.3) is 10.9 Å². The summed E-state index contributed by atoms with van der Waals surface area (Å²) in [4.78, 5) is 39.3. The molecule has 44 heavy (non-hydrogen) atoms. The quantitative estimate of drug-likeness (QED) is 0.167. The summed E-state index contributed by atoms with van der Waals surface area (Å²) in [5, 5.41) is 5.82. The molecule has 0 bridgehead atoms. The average molecular weight is 640 g/mol. The highest BCUT2D eigenvalue weighted by atomic mass is 32.2. The lowest BCUT2D eigenvalue weighted by Crippen LogP contribution is -2.54. The highest BCUT2D eigenvalue weighted by Crippen LogP contribution is 2.29. The van der Waals surface area contributed by atoms with Crippen molar-refractivity contribution in [1.82, 2.24) is 15.2 Å². The molecule has 2 heterocycles. The third-order valence-electron chi connectivity index (χ3n) is 7.38. The summed E-state index contributed by atoms with van der Waals surface area (Å²) in [5.74, 6) is -11.8. The van der Waals surface area contributed by atoms with Gasteiger partial charge in [-0.1, -0.05) is 13.8 Å². The van der Waals surface area contributed by atoms with Gasteiger partial charge in [-0.25, -0.2) is 8.78 Å². The number of ether oxygens (including phenoxy) is 1. The van der Waals surface area contributed by atoms with E-state index in [1.54, 1.807) is 44.3 Å². The van der Waals surface area contributed by atoms with Crippen molar-refractivity contribution in [3.8, 4) is 5.75 Å². The summed E-state index contributed by atoms with van der Waals surface area (Å²) in [6, 6.07) is 3.79. The number of rotatable bonds is 13. The Morgan fingerprint density at radius 2 is 1.84 bits per heavy atom. The molecule has 0 radical (unpaired) electrons. The van der Waals surface area contributed by atoms with E-state index in [0.29, 0.717) is 13.0 Å². The zero-order valence-corrected chi connectivity index (χ0v) is 24.9. The molecule has 10 nitrogen and oxygen atoms in total. The van der Waals surface area contributed by atoms with Crippen LogP contribution in [0.5, 0.6) is 5.75 Å². The monoisotopic (exact) mass is 639 g/mol. The average Bonchev–Trinajstić information content (AvgIpc) is 3.54. The van der Waals surface area contributed by atoms with E-state index in [-0.39, 0.29) is 36.4 Å². The number of anilines is 1. The van der Waals surface area contributed by atoms with Gasteiger partial charge in [-0.2, -0.15) is 8.78 Å². The number of carbonyl (C=O) groups is 3. The van der Waals surface area contributed by atoms with Crippen molar-refractivity contribution < 1.29 is 45.4 Å². The van der Waals surface area contributed by atoms with Crippen LogP contribution in [0.15, 0.2) is 36.5 Å². The maximum Gasteiger partial charge on any atom is 0.244 e. The number of amides is 2. The molecule has 2 N–H and O–H groups in total. The van der Waals surface area contributed by atoms with Crippen molar-refractivity contribution in [2.75, 3.05) is 17.5 Å². The Morgan fingerprint density at radius 3 is 2.43 bits per heavy atom. The van der Waals surface area contributed by atoms with Crippen molar-refractivity contribution in [3.05, 3.63) is 59.8 Å². The lowest BCUT2D eigenvalue weighted by molar-refractivity contribution is -0.131. The number of fused-ring (bicyclic) bond motifs is 1. The number of hydrogen-bond donors (Lipinski definition) is 2. The Kier molecular flexibility index (Phi) is 10.3. The van der Waals surface area contributed by atoms with Gasteiger partial charge in [-0.3, -0.25) is 22.9 Å². The van der Waals surface area contributed by atoms with Gasteiger partial charge in [0.1, 0.15) is 12.6 Å². The molecule has 15 heteroatoms. The third kappa shape index (κ3) is 7.21. The van der Waals surface area contributed by atoms with Crippen LogP contribution < -0.4 is 19.7 Å². The molecule has 4 rings (SSSR count). The molecule has 1 unspecified atom stereocenters. The number of nitrogens with zero attached hydrogens (tertiary/aromatic N) is 2. The third-order valence-corrected chi connectivity index (χ3v) is 8.17. The smallest absolute Gasteiger partial charge is 0.244 e. The molecule has 0 aliphatic carbocycles. The Balaban J connectivity index is 1.63. The molecule has 3 aromatic rings. The zero-order valence-electron chi connectivity index (χ0n) is 24.1. The van der Waals surface area contributed by atoms with Gasteiger partial charge in [0.05, 0.1) is 6.04 Å². The minimum atomic E-state index is -2.94. The predicted octanol–water partition coefficient (Wildman–Crippen LogP) is 3.41. The van der Waals surface area contributed by atoms with Crippen molar-refractivity contribution in [2.45, 2.75) is 45.2 Å². The van der Waals surface area contributed by atoms with Crippen LogP contribution in [0.4, 0.5) is 23.2 Å². The second kappa shape index (κ2) is 13.8. The first-order chi connectivity index (χ1) is 20.8. The number of benzene rings is 2. The first-order valence-corrected chi connectivity index (χ1v) is 14.8. The van der Waals surface area contributed by atoms with Gasteiger partial charge >= 0.3 is 0 Å². The molecule has 1 saturated heterocycles. The van der Waals surface area contributed by atoms with E-state index in [1.165, 1.54) is 0 Å². The van der Waals surface area contributed by atoms with Gasteiger partial charge < -0.3 is 24.5 Å². The number of aryl methyl sites for hydroxylation is 1. The molecule has 2 aromatic carbocycles. The summed E-state index contributed by atoms with van der Waals surface area (Å²) < 4.78 is 88.2. The van der Waals surface area contributed by atoms with Gasteiger partial charge in [-0.05, 0) is 49.4 Å². The van der Waals surface area contributed by atoms with E-state index in [9.17, 15) is 40.7 Å². The van der Waals surface area contributed by atoms with E-state index < -0.39 is 76.6 Å². The fourth-order valence-electron chi connectivity index (χ4n) is 5.15. The Labute approximate surface area is 253 Å². The first-order valence-electron chi connectivity index (χ1n) is 13.8. The largest absolute Gasteiger partial charge is 0.755 e. The van der Waals surface area contributed by atoms with Crippen molar-refractivity contribution in [3.63, 3.8) is 0 Å². The first kappa shape index (κ1) is 32.9. The van der Waals surface area contributed by atoms with Crippen LogP contribution in [0.1, 0.15) is 33.1 Å². The fraction of sp³-hybridized carbons (Fsp3) is 0.414. The number of aromatic nitrogens is 1. The normalized spacial score (nSPS) is 16.9. The minimum absolute atomic E-state index is 0.0167. The lowest BCUT2D eigenvalue weighted by Gasteiger charge is -2.35. The van der Waals surface area contributed by atoms with E-state index in [2.05, 4.69) is 10.6 Å². The number of nitrogens with one attached hydrogen (secondary N) is 2. The molecule has 2 amide bonds. The van der Waals surface area contributed by atoms with Crippen molar-refractivity contribution >= 4 is 45.5 Å². The number of Topliss-reactive ketones (excluding diaryl/α,β-unsaturated/α-hetero) is 1. The topological polar surface area (TPSA) is 133 Å². The summed E-state index contributed by atoms with van der Waals surface area (Å²) >= 11 is -2.94. The van der Waals surface area contributed by atoms with E-state index in [0.717, 1.165) is 15.2 Å². The Hall–Kier alpha value is -3.98. The van der Waals surface area contributed by atoms with Gasteiger partial charge in [0.2, 0.25) is 23.4 Å². The van der Waals surface area contributed by atoms with Crippen LogP contribution in [0.3, 0.4) is 0 Å². The summed E-state index contributed by atoms with van der Waals surface area (Å²) in [7, 11) is 1.82. The van der Waals surface area contributed by atoms with Gasteiger partial charge in [0, 0.05) is 59.6 Å². The van der Waals surface area contributed by atoms with Crippen LogP contribution in [0.2, 0.25) is 0 Å². The summed E-state index contributed by atoms with van der Waals surface area (Å²) in [5.41, 5.74) is 1.01.